The molecule has 0 spiro atoms. The highest BCUT2D eigenvalue weighted by Gasteiger charge is 1.92. The maximum atomic E-state index is 9.32. The molecule has 0 bridgehead atoms. The minimum Gasteiger partial charge on any atom is -0.790 e. The molecule has 0 saturated carbocycles. The molecular weight excluding hydrogens is 188 g/mol. The average molecular weight is 194 g/mol. The van der Waals surface area contributed by atoms with Gasteiger partial charge in [0.15, 0.2) is 0 Å². The van der Waals surface area contributed by atoms with Gasteiger partial charge in [0.25, 0.3) is 0 Å². The van der Waals surface area contributed by atoms with Gasteiger partial charge in [0.05, 0.1) is 15.6 Å². The normalized spacial score (nSPS) is 12.4. The number of hydrogen-bond acceptors (Lipinski definition) is 7. The van der Waals surface area contributed by atoms with Crippen molar-refractivity contribution in [3.05, 3.63) is 0 Å². The van der Waals surface area contributed by atoms with Gasteiger partial charge in [0, 0.05) is 0 Å². The SMILES string of the molecule is O=P([O-])([O-])OP(=O)([O-])[O-].[H+].[H+].[NH4+]. The zero-order chi connectivity index (χ0) is 7.71. The van der Waals surface area contributed by atoms with E-state index in [0.29, 0.717) is 0 Å². The van der Waals surface area contributed by atoms with Crippen molar-refractivity contribution < 1.29 is 35.9 Å². The molecule has 0 aliphatic heterocycles. The largest absolute Gasteiger partial charge is 1.00 e. The molecule has 0 atom stereocenters. The van der Waals surface area contributed by atoms with E-state index in [1.807, 2.05) is 0 Å². The summed E-state index contributed by atoms with van der Waals surface area (Å²) in [6.45, 7) is 0. The molecule has 10 heavy (non-hydrogen) atoms. The summed E-state index contributed by atoms with van der Waals surface area (Å²) < 4.78 is 21.2. The van der Waals surface area contributed by atoms with Gasteiger partial charge in [-0.05, 0) is 0 Å². The third-order valence-electron chi connectivity index (χ3n) is 0.200. The van der Waals surface area contributed by atoms with Gasteiger partial charge in [-0.3, -0.25) is 0 Å². The predicted octanol–water partition coefficient (Wildman–Crippen LogP) is -2.74. The van der Waals surface area contributed by atoms with Crippen LogP contribution >= 0.6 is 15.6 Å². The Morgan fingerprint density at radius 3 is 1.20 bits per heavy atom. The minimum absolute atomic E-state index is 0. The first kappa shape index (κ1) is 12.9. The van der Waals surface area contributed by atoms with E-state index in [-0.39, 0.29) is 9.00 Å². The highest BCUT2D eigenvalue weighted by molar-refractivity contribution is 7.57. The molecule has 0 aromatic rings. The number of quaternary nitrogens is 1. The summed E-state index contributed by atoms with van der Waals surface area (Å²) in [5.74, 6) is 0. The molecule has 0 aromatic heterocycles. The van der Waals surface area contributed by atoms with Crippen molar-refractivity contribution in [1.82, 2.24) is 6.15 Å². The fourth-order valence-corrected chi connectivity index (χ4v) is 1.10. The molecule has 10 heteroatoms. The molecule has 0 radical (unpaired) electrons. The van der Waals surface area contributed by atoms with E-state index >= 15 is 0 Å². The van der Waals surface area contributed by atoms with Crippen molar-refractivity contribution in [2.24, 2.45) is 0 Å². The first-order chi connectivity index (χ1) is 3.71. The van der Waals surface area contributed by atoms with Crippen LogP contribution in [0.15, 0.2) is 0 Å². The van der Waals surface area contributed by atoms with Gasteiger partial charge in [-0.25, -0.2) is 0 Å². The summed E-state index contributed by atoms with van der Waals surface area (Å²) in [6.07, 6.45) is 0. The summed E-state index contributed by atoms with van der Waals surface area (Å²) in [4.78, 5) is 37.3. The van der Waals surface area contributed by atoms with Crippen LogP contribution in [0.5, 0.6) is 0 Å². The lowest BCUT2D eigenvalue weighted by atomic mass is 14.0. The Kier molecular flexibility index (Phi) is 4.58. The summed E-state index contributed by atoms with van der Waals surface area (Å²) in [7, 11) is -11.4. The van der Waals surface area contributed by atoms with Gasteiger partial charge in [-0.1, -0.05) is 0 Å². The van der Waals surface area contributed by atoms with Crippen molar-refractivity contribution in [3.8, 4) is 0 Å². The summed E-state index contributed by atoms with van der Waals surface area (Å²) in [5, 5.41) is 0. The topological polar surface area (TPSA) is 172 Å². The fraction of sp³-hybridized carbons (Fsp3) is 0. The van der Waals surface area contributed by atoms with Crippen LogP contribution in [0.4, 0.5) is 0 Å². The second-order valence-corrected chi connectivity index (χ2v) is 3.42. The van der Waals surface area contributed by atoms with Crippen molar-refractivity contribution in [3.63, 3.8) is 0 Å². The summed E-state index contributed by atoms with van der Waals surface area (Å²) in [5.41, 5.74) is 0. The summed E-state index contributed by atoms with van der Waals surface area (Å²) >= 11 is 0. The first-order valence-corrected chi connectivity index (χ1v) is 4.38. The molecule has 0 amide bonds. The van der Waals surface area contributed by atoms with Crippen LogP contribution in [0.3, 0.4) is 0 Å². The van der Waals surface area contributed by atoms with Crippen LogP contribution in [0.25, 0.3) is 0 Å². The van der Waals surface area contributed by atoms with Crippen LogP contribution in [0, 0.1) is 0 Å². The molecular formula is H6NO7P2-. The van der Waals surface area contributed by atoms with Crippen molar-refractivity contribution >= 4 is 15.6 Å². The smallest absolute Gasteiger partial charge is 0.790 e. The molecule has 64 valence electrons. The molecule has 0 aromatic carbocycles. The van der Waals surface area contributed by atoms with E-state index < -0.39 is 15.6 Å². The van der Waals surface area contributed by atoms with Gasteiger partial charge < -0.3 is 39.2 Å². The van der Waals surface area contributed by atoms with E-state index in [1.165, 1.54) is 0 Å². The van der Waals surface area contributed by atoms with E-state index in [2.05, 4.69) is 4.31 Å². The number of phosphoric acid groups is 2. The quantitative estimate of drug-likeness (QED) is 0.464. The van der Waals surface area contributed by atoms with Crippen molar-refractivity contribution in [2.75, 3.05) is 0 Å². The first-order valence-electron chi connectivity index (χ1n) is 1.46. The van der Waals surface area contributed by atoms with Gasteiger partial charge in [0.1, 0.15) is 0 Å². The Hall–Kier alpha value is 0.220. The monoisotopic (exact) mass is 194 g/mol. The molecule has 0 unspecified atom stereocenters. The lowest BCUT2D eigenvalue weighted by molar-refractivity contribution is -0.364. The third-order valence-corrected chi connectivity index (χ3v) is 1.80. The Balaban J connectivity index is -0.000000107. The number of hydrogen-bond donors (Lipinski definition) is 1. The van der Waals surface area contributed by atoms with E-state index in [4.69, 9.17) is 0 Å². The molecule has 8 nitrogen and oxygen atoms in total. The fourth-order valence-electron chi connectivity index (χ4n) is 0.122. The minimum atomic E-state index is -5.68. The van der Waals surface area contributed by atoms with Crippen LogP contribution in [0.1, 0.15) is 2.85 Å². The predicted molar refractivity (Wildman–Crippen MR) is 24.5 cm³/mol. The molecule has 0 aliphatic carbocycles. The maximum Gasteiger partial charge on any atom is 1.00 e. The second kappa shape index (κ2) is 3.56. The Morgan fingerprint density at radius 1 is 1.00 bits per heavy atom. The molecule has 0 fully saturated rings. The Labute approximate surface area is 58.9 Å². The zero-order valence-electron chi connectivity index (χ0n) is 6.75. The van der Waals surface area contributed by atoms with Gasteiger partial charge in [-0.15, -0.1) is 0 Å². The van der Waals surface area contributed by atoms with Crippen molar-refractivity contribution in [1.29, 1.82) is 0 Å². The molecule has 0 saturated heterocycles. The van der Waals surface area contributed by atoms with Crippen LogP contribution in [0.2, 0.25) is 0 Å². The van der Waals surface area contributed by atoms with Crippen LogP contribution in [-0.4, -0.2) is 0 Å². The zero-order valence-corrected chi connectivity index (χ0v) is 6.54. The molecule has 0 heterocycles. The molecule has 4 N–H and O–H groups in total. The van der Waals surface area contributed by atoms with Crippen molar-refractivity contribution in [2.45, 2.75) is 0 Å². The van der Waals surface area contributed by atoms with Crippen LogP contribution in [-0.2, 0) is 13.4 Å². The Bertz CT molecular complexity index is 160. The summed E-state index contributed by atoms with van der Waals surface area (Å²) in [6, 6.07) is 0. The third kappa shape index (κ3) is 11.1. The van der Waals surface area contributed by atoms with Crippen LogP contribution < -0.4 is 25.7 Å². The van der Waals surface area contributed by atoms with Gasteiger partial charge in [0.2, 0.25) is 0 Å². The lowest BCUT2D eigenvalue weighted by Crippen LogP contribution is -2.23. The van der Waals surface area contributed by atoms with Gasteiger partial charge >= 0.3 is 2.85 Å². The molecule has 0 rings (SSSR count). The highest BCUT2D eigenvalue weighted by atomic mass is 31.3. The van der Waals surface area contributed by atoms with E-state index in [9.17, 15) is 28.7 Å². The Morgan fingerprint density at radius 2 is 1.20 bits per heavy atom. The maximum absolute atomic E-state index is 9.32. The lowest BCUT2D eigenvalue weighted by Gasteiger charge is -2.39. The van der Waals surface area contributed by atoms with Gasteiger partial charge in [-0.2, -0.15) is 0 Å². The molecule has 0 aliphatic rings. The second-order valence-electron chi connectivity index (χ2n) is 0.976. The number of rotatable bonds is 2. The van der Waals surface area contributed by atoms with E-state index in [1.54, 1.807) is 0 Å². The van der Waals surface area contributed by atoms with E-state index in [0.717, 1.165) is 0 Å². The average Bonchev–Trinajstić information content (AvgIpc) is 1.14. The standard InChI is InChI=1S/H3N.H4O7P2/c;1-8(2,3)7-9(4,5)6/h1H3;(H2,1,2,3)(H2,4,5,6)/p-1. The highest BCUT2D eigenvalue weighted by Crippen LogP contribution is 2.42.